The number of rotatable bonds is 8. The summed E-state index contributed by atoms with van der Waals surface area (Å²) in [6.45, 7) is 13.5. The molecule has 0 aliphatic rings. The molecule has 0 amide bonds. The van der Waals surface area contributed by atoms with Crippen LogP contribution in [0.5, 0.6) is 0 Å². The molecule has 0 aromatic heterocycles. The lowest BCUT2D eigenvalue weighted by molar-refractivity contribution is 0.179. The summed E-state index contributed by atoms with van der Waals surface area (Å²) in [6, 6.07) is 0.275. The molecule has 4 nitrogen and oxygen atoms in total. The predicted octanol–water partition coefficient (Wildman–Crippen LogP) is 2.79. The highest BCUT2D eigenvalue weighted by atomic mass is 16.5. The molecule has 19 heavy (non-hydrogen) atoms. The van der Waals surface area contributed by atoms with E-state index >= 15 is 0 Å². The molecule has 0 aromatic rings. The summed E-state index contributed by atoms with van der Waals surface area (Å²) < 4.78 is 5.12. The average Bonchev–Trinajstić information content (AvgIpc) is 2.27. The Balaban J connectivity index is 3.98. The van der Waals surface area contributed by atoms with Crippen LogP contribution < -0.4 is 10.6 Å². The quantitative estimate of drug-likeness (QED) is 0.405. The van der Waals surface area contributed by atoms with Gasteiger partial charge in [-0.3, -0.25) is 4.99 Å². The number of guanidine groups is 1. The number of methoxy groups -OCH3 is 1. The number of hydrogen-bond acceptors (Lipinski definition) is 2. The summed E-state index contributed by atoms with van der Waals surface area (Å²) in [5.74, 6) is 0.891. The van der Waals surface area contributed by atoms with E-state index in [9.17, 15) is 0 Å². The molecule has 114 valence electrons. The Labute approximate surface area is 119 Å². The Bertz CT molecular complexity index is 246. The fourth-order valence-electron chi connectivity index (χ4n) is 1.80. The van der Waals surface area contributed by atoms with Gasteiger partial charge >= 0.3 is 0 Å². The summed E-state index contributed by atoms with van der Waals surface area (Å²) in [5, 5.41) is 6.60. The van der Waals surface area contributed by atoms with Crippen molar-refractivity contribution in [1.82, 2.24) is 10.6 Å². The van der Waals surface area contributed by atoms with Crippen molar-refractivity contribution >= 4 is 5.96 Å². The van der Waals surface area contributed by atoms with Crippen molar-refractivity contribution in [1.29, 1.82) is 0 Å². The van der Waals surface area contributed by atoms with E-state index in [4.69, 9.17) is 4.74 Å². The molecule has 0 heterocycles. The van der Waals surface area contributed by atoms with E-state index in [1.165, 1.54) is 12.8 Å². The van der Waals surface area contributed by atoms with Gasteiger partial charge in [0.15, 0.2) is 5.96 Å². The van der Waals surface area contributed by atoms with Crippen molar-refractivity contribution in [2.24, 2.45) is 10.4 Å². The largest absolute Gasteiger partial charge is 0.383 e. The van der Waals surface area contributed by atoms with E-state index in [1.807, 2.05) is 0 Å². The van der Waals surface area contributed by atoms with Crippen LogP contribution in [0.15, 0.2) is 4.99 Å². The second-order valence-corrected chi connectivity index (χ2v) is 6.28. The van der Waals surface area contributed by atoms with Crippen LogP contribution in [0, 0.1) is 5.41 Å². The first-order chi connectivity index (χ1) is 8.89. The number of unbranched alkanes of at least 4 members (excludes halogenated alkanes) is 1. The van der Waals surface area contributed by atoms with Crippen molar-refractivity contribution in [2.75, 3.05) is 26.8 Å². The molecule has 1 unspecified atom stereocenters. The molecule has 0 bridgehead atoms. The van der Waals surface area contributed by atoms with Gasteiger partial charge in [0.25, 0.3) is 0 Å². The Morgan fingerprint density at radius 3 is 2.47 bits per heavy atom. The molecule has 0 fully saturated rings. The van der Waals surface area contributed by atoms with Crippen molar-refractivity contribution < 1.29 is 4.74 Å². The maximum absolute atomic E-state index is 5.12. The zero-order valence-corrected chi connectivity index (χ0v) is 13.7. The van der Waals surface area contributed by atoms with Crippen LogP contribution in [-0.2, 0) is 4.74 Å². The first-order valence-electron chi connectivity index (χ1n) is 7.43. The Hall–Kier alpha value is -0.770. The molecule has 0 rings (SSSR count). The van der Waals surface area contributed by atoms with Crippen LogP contribution in [0.4, 0.5) is 0 Å². The molecule has 0 aliphatic heterocycles. The Kier molecular flexibility index (Phi) is 9.66. The van der Waals surface area contributed by atoms with Gasteiger partial charge in [0.05, 0.1) is 6.61 Å². The summed E-state index contributed by atoms with van der Waals surface area (Å²) >= 11 is 0. The van der Waals surface area contributed by atoms with Gasteiger partial charge in [-0.05, 0) is 32.1 Å². The Morgan fingerprint density at radius 2 is 1.95 bits per heavy atom. The molecular weight excluding hydrogens is 238 g/mol. The predicted molar refractivity (Wildman–Crippen MR) is 83.8 cm³/mol. The van der Waals surface area contributed by atoms with Crippen molar-refractivity contribution in [2.45, 2.75) is 59.9 Å². The lowest BCUT2D eigenvalue weighted by atomic mass is 9.90. The highest BCUT2D eigenvalue weighted by Crippen LogP contribution is 2.21. The number of ether oxygens (including phenoxy) is 1. The topological polar surface area (TPSA) is 45.7 Å². The number of nitrogens with one attached hydrogen (secondary N) is 2. The normalized spacial score (nSPS) is 14.3. The van der Waals surface area contributed by atoms with Crippen LogP contribution in [0.25, 0.3) is 0 Å². The summed E-state index contributed by atoms with van der Waals surface area (Å²) in [6.07, 6.45) is 3.64. The van der Waals surface area contributed by atoms with E-state index in [2.05, 4.69) is 50.2 Å². The van der Waals surface area contributed by atoms with E-state index in [1.54, 1.807) is 7.11 Å². The average molecular weight is 271 g/mol. The third-order valence-corrected chi connectivity index (χ3v) is 2.75. The van der Waals surface area contributed by atoms with Gasteiger partial charge in [0, 0.05) is 26.2 Å². The smallest absolute Gasteiger partial charge is 0.191 e. The van der Waals surface area contributed by atoms with E-state index in [-0.39, 0.29) is 6.04 Å². The highest BCUT2D eigenvalue weighted by Gasteiger charge is 2.09. The molecule has 0 aromatic carbocycles. The highest BCUT2D eigenvalue weighted by molar-refractivity contribution is 5.80. The van der Waals surface area contributed by atoms with E-state index in [0.717, 1.165) is 25.5 Å². The molecule has 1 atom stereocenters. The van der Waals surface area contributed by atoms with E-state index in [0.29, 0.717) is 12.0 Å². The summed E-state index contributed by atoms with van der Waals surface area (Å²) in [4.78, 5) is 4.59. The molecule has 4 heteroatoms. The first-order valence-corrected chi connectivity index (χ1v) is 7.43. The lowest BCUT2D eigenvalue weighted by Gasteiger charge is -2.18. The minimum atomic E-state index is 0.275. The maximum Gasteiger partial charge on any atom is 0.191 e. The summed E-state index contributed by atoms with van der Waals surface area (Å²) in [5.41, 5.74) is 0.430. The second kappa shape index (κ2) is 10.1. The van der Waals surface area contributed by atoms with Crippen molar-refractivity contribution in [3.05, 3.63) is 0 Å². The summed E-state index contributed by atoms with van der Waals surface area (Å²) in [7, 11) is 1.72. The fourth-order valence-corrected chi connectivity index (χ4v) is 1.80. The second-order valence-electron chi connectivity index (χ2n) is 6.28. The monoisotopic (exact) mass is 271 g/mol. The molecule has 0 saturated heterocycles. The van der Waals surface area contributed by atoms with Gasteiger partial charge in [-0.2, -0.15) is 0 Å². The molecule has 0 saturated carbocycles. The SMILES string of the molecule is CCNC(=NCCCCC(C)(C)C)NC(C)COC. The molecule has 0 radical (unpaired) electrons. The van der Waals surface area contributed by atoms with Gasteiger partial charge in [-0.15, -0.1) is 0 Å². The van der Waals surface area contributed by atoms with Gasteiger partial charge in [-0.1, -0.05) is 27.2 Å². The molecule has 2 N–H and O–H groups in total. The minimum Gasteiger partial charge on any atom is -0.383 e. The third kappa shape index (κ3) is 12.0. The number of aliphatic imine (C=N–C) groups is 1. The van der Waals surface area contributed by atoms with Crippen LogP contribution in [0.3, 0.4) is 0 Å². The van der Waals surface area contributed by atoms with Gasteiger partial charge in [0.2, 0.25) is 0 Å². The van der Waals surface area contributed by atoms with Gasteiger partial charge in [0.1, 0.15) is 0 Å². The van der Waals surface area contributed by atoms with Crippen LogP contribution in [-0.4, -0.2) is 38.8 Å². The maximum atomic E-state index is 5.12. The standard InChI is InChI=1S/C15H33N3O/c1-7-16-14(18-13(2)12-19-6)17-11-9-8-10-15(3,4)5/h13H,7-12H2,1-6H3,(H2,16,17,18). The van der Waals surface area contributed by atoms with Gasteiger partial charge < -0.3 is 15.4 Å². The Morgan fingerprint density at radius 1 is 1.26 bits per heavy atom. The number of hydrogen-bond donors (Lipinski definition) is 2. The third-order valence-electron chi connectivity index (χ3n) is 2.75. The fraction of sp³-hybridized carbons (Fsp3) is 0.933. The van der Waals surface area contributed by atoms with Crippen LogP contribution in [0.2, 0.25) is 0 Å². The minimum absolute atomic E-state index is 0.275. The van der Waals surface area contributed by atoms with Gasteiger partial charge in [-0.25, -0.2) is 0 Å². The zero-order chi connectivity index (χ0) is 14.7. The zero-order valence-electron chi connectivity index (χ0n) is 13.7. The number of nitrogens with zero attached hydrogens (tertiary/aromatic N) is 1. The van der Waals surface area contributed by atoms with Crippen molar-refractivity contribution in [3.63, 3.8) is 0 Å². The lowest BCUT2D eigenvalue weighted by Crippen LogP contribution is -2.44. The first kappa shape index (κ1) is 18.2. The van der Waals surface area contributed by atoms with Crippen LogP contribution in [0.1, 0.15) is 53.9 Å². The molecular formula is C15H33N3O. The van der Waals surface area contributed by atoms with Crippen LogP contribution >= 0.6 is 0 Å². The molecule has 0 spiro atoms. The molecule has 0 aliphatic carbocycles. The van der Waals surface area contributed by atoms with Crippen molar-refractivity contribution in [3.8, 4) is 0 Å². The van der Waals surface area contributed by atoms with E-state index < -0.39 is 0 Å².